The van der Waals surface area contributed by atoms with Gasteiger partial charge in [-0.2, -0.15) is 8.78 Å². The molecule has 0 radical (unpaired) electrons. The second-order valence-corrected chi connectivity index (χ2v) is 2.67. The smallest absolute Gasteiger partial charge is 0.387 e. The molecule has 76 valence electrons. The van der Waals surface area contributed by atoms with Crippen LogP contribution in [0.5, 0.6) is 11.5 Å². The monoisotopic (exact) mass is 202 g/mol. The van der Waals surface area contributed by atoms with Crippen LogP contribution in [-0.4, -0.2) is 18.0 Å². The van der Waals surface area contributed by atoms with Crippen molar-refractivity contribution < 1.29 is 23.4 Å². The van der Waals surface area contributed by atoms with Gasteiger partial charge in [0.15, 0.2) is 6.29 Å². The molecule has 1 aromatic rings. The molecule has 0 saturated carbocycles. The Hall–Kier alpha value is -1.65. The van der Waals surface area contributed by atoms with E-state index in [1.165, 1.54) is 13.0 Å². The summed E-state index contributed by atoms with van der Waals surface area (Å²) in [6.07, 6.45) is 0.455. The Kier molecular flexibility index (Phi) is 3.01. The minimum absolute atomic E-state index is 0.0756. The molecule has 0 aliphatic carbocycles. The number of benzene rings is 1. The van der Waals surface area contributed by atoms with Crippen LogP contribution in [0.2, 0.25) is 0 Å². The first-order valence-corrected chi connectivity index (χ1v) is 3.78. The van der Waals surface area contributed by atoms with Gasteiger partial charge in [0.1, 0.15) is 11.5 Å². The van der Waals surface area contributed by atoms with Crippen molar-refractivity contribution in [2.24, 2.45) is 0 Å². The predicted molar refractivity (Wildman–Crippen MR) is 44.9 cm³/mol. The number of aromatic hydroxyl groups is 1. The Morgan fingerprint density at radius 2 is 2.14 bits per heavy atom. The minimum atomic E-state index is -2.95. The minimum Gasteiger partial charge on any atom is -0.507 e. The third-order valence-electron chi connectivity index (χ3n) is 1.68. The van der Waals surface area contributed by atoms with Crippen molar-refractivity contribution in [3.05, 3.63) is 23.3 Å². The molecular weight excluding hydrogens is 194 g/mol. The molecule has 0 aliphatic heterocycles. The molecular formula is C9H8F2O3. The van der Waals surface area contributed by atoms with E-state index >= 15 is 0 Å². The summed E-state index contributed by atoms with van der Waals surface area (Å²) in [5, 5.41) is 9.23. The summed E-state index contributed by atoms with van der Waals surface area (Å²) >= 11 is 0. The maximum absolute atomic E-state index is 11.8. The molecule has 0 aromatic heterocycles. The van der Waals surface area contributed by atoms with Gasteiger partial charge in [-0.3, -0.25) is 4.79 Å². The fraction of sp³-hybridized carbons (Fsp3) is 0.222. The SMILES string of the molecule is Cc1cc(OC(F)F)cc(O)c1C=O. The van der Waals surface area contributed by atoms with Crippen LogP contribution in [0, 0.1) is 6.92 Å². The van der Waals surface area contributed by atoms with Crippen molar-refractivity contribution in [2.45, 2.75) is 13.5 Å². The number of aryl methyl sites for hydroxylation is 1. The topological polar surface area (TPSA) is 46.5 Å². The van der Waals surface area contributed by atoms with Gasteiger partial charge in [-0.15, -0.1) is 0 Å². The highest BCUT2D eigenvalue weighted by molar-refractivity contribution is 5.81. The molecule has 0 unspecified atom stereocenters. The van der Waals surface area contributed by atoms with Gasteiger partial charge in [-0.25, -0.2) is 0 Å². The van der Waals surface area contributed by atoms with Crippen molar-refractivity contribution in [1.82, 2.24) is 0 Å². The van der Waals surface area contributed by atoms with Gasteiger partial charge in [0.05, 0.1) is 5.56 Å². The Bertz CT molecular complexity index is 327. The van der Waals surface area contributed by atoms with E-state index in [1.807, 2.05) is 0 Å². The van der Waals surface area contributed by atoms with Crippen LogP contribution in [-0.2, 0) is 0 Å². The van der Waals surface area contributed by atoms with E-state index in [1.54, 1.807) is 0 Å². The number of halogens is 2. The summed E-state index contributed by atoms with van der Waals surface area (Å²) in [7, 11) is 0. The van der Waals surface area contributed by atoms with Gasteiger partial charge in [0, 0.05) is 6.07 Å². The Morgan fingerprint density at radius 3 is 2.57 bits per heavy atom. The molecule has 0 spiro atoms. The molecule has 0 aliphatic rings. The van der Waals surface area contributed by atoms with Crippen molar-refractivity contribution in [3.8, 4) is 11.5 Å². The van der Waals surface area contributed by atoms with E-state index in [2.05, 4.69) is 4.74 Å². The molecule has 14 heavy (non-hydrogen) atoms. The highest BCUT2D eigenvalue weighted by Crippen LogP contribution is 2.26. The van der Waals surface area contributed by atoms with Gasteiger partial charge in [-0.05, 0) is 18.6 Å². The molecule has 0 amide bonds. The first-order valence-electron chi connectivity index (χ1n) is 3.78. The lowest BCUT2D eigenvalue weighted by Gasteiger charge is -2.07. The Labute approximate surface area is 78.9 Å². The third-order valence-corrected chi connectivity index (χ3v) is 1.68. The van der Waals surface area contributed by atoms with Gasteiger partial charge >= 0.3 is 6.61 Å². The molecule has 5 heteroatoms. The lowest BCUT2D eigenvalue weighted by Crippen LogP contribution is -2.02. The molecule has 0 heterocycles. The van der Waals surface area contributed by atoms with Crippen LogP contribution in [0.3, 0.4) is 0 Å². The van der Waals surface area contributed by atoms with Gasteiger partial charge in [-0.1, -0.05) is 0 Å². The van der Waals surface area contributed by atoms with Crippen LogP contribution >= 0.6 is 0 Å². The highest BCUT2D eigenvalue weighted by Gasteiger charge is 2.10. The normalized spacial score (nSPS) is 10.3. The largest absolute Gasteiger partial charge is 0.507 e. The summed E-state index contributed by atoms with van der Waals surface area (Å²) in [6.45, 7) is -1.43. The van der Waals surface area contributed by atoms with Gasteiger partial charge in [0.2, 0.25) is 0 Å². The number of rotatable bonds is 3. The molecule has 0 saturated heterocycles. The van der Waals surface area contributed by atoms with E-state index in [9.17, 15) is 18.7 Å². The molecule has 0 fully saturated rings. The molecule has 0 atom stereocenters. The maximum atomic E-state index is 11.8. The lowest BCUT2D eigenvalue weighted by atomic mass is 10.1. The zero-order chi connectivity index (χ0) is 10.7. The summed E-state index contributed by atoms with van der Waals surface area (Å²) in [5.74, 6) is -0.531. The van der Waals surface area contributed by atoms with E-state index < -0.39 is 6.61 Å². The summed E-state index contributed by atoms with van der Waals surface area (Å²) in [4.78, 5) is 10.4. The van der Waals surface area contributed by atoms with Crippen LogP contribution in [0.1, 0.15) is 15.9 Å². The number of phenolic OH excluding ortho intramolecular Hbond substituents is 1. The number of phenols is 1. The predicted octanol–water partition coefficient (Wildman–Crippen LogP) is 2.11. The molecule has 0 bridgehead atoms. The quantitative estimate of drug-likeness (QED) is 0.763. The first kappa shape index (κ1) is 10.4. The standard InChI is InChI=1S/C9H8F2O3/c1-5-2-6(14-9(10)11)3-8(13)7(5)4-12/h2-4,9,13H,1H3. The van der Waals surface area contributed by atoms with Crippen LogP contribution in [0.4, 0.5) is 8.78 Å². The summed E-state index contributed by atoms with van der Waals surface area (Å²) in [5.41, 5.74) is 0.460. The number of hydrogen-bond donors (Lipinski definition) is 1. The van der Waals surface area contributed by atoms with Crippen LogP contribution in [0.15, 0.2) is 12.1 Å². The lowest BCUT2D eigenvalue weighted by molar-refractivity contribution is -0.0499. The van der Waals surface area contributed by atoms with Gasteiger partial charge < -0.3 is 9.84 Å². The number of alkyl halides is 2. The molecule has 1 rings (SSSR count). The molecule has 3 nitrogen and oxygen atoms in total. The average Bonchev–Trinajstić information content (AvgIpc) is 2.01. The van der Waals surface area contributed by atoms with Crippen molar-refractivity contribution in [1.29, 1.82) is 0 Å². The molecule has 1 aromatic carbocycles. The number of carbonyl (C=O) groups is 1. The second kappa shape index (κ2) is 4.04. The van der Waals surface area contributed by atoms with Crippen molar-refractivity contribution in [3.63, 3.8) is 0 Å². The number of ether oxygens (including phenoxy) is 1. The summed E-state index contributed by atoms with van der Waals surface area (Å²) in [6, 6.07) is 2.23. The second-order valence-electron chi connectivity index (χ2n) is 2.67. The van der Waals surface area contributed by atoms with E-state index in [0.29, 0.717) is 11.8 Å². The number of carbonyl (C=O) groups excluding carboxylic acids is 1. The zero-order valence-corrected chi connectivity index (χ0v) is 7.33. The number of aldehydes is 1. The van der Waals surface area contributed by atoms with Crippen LogP contribution in [0.25, 0.3) is 0 Å². The van der Waals surface area contributed by atoms with Crippen molar-refractivity contribution >= 4 is 6.29 Å². The third kappa shape index (κ3) is 2.18. The maximum Gasteiger partial charge on any atom is 0.387 e. The Morgan fingerprint density at radius 1 is 1.50 bits per heavy atom. The van der Waals surface area contributed by atoms with Crippen LogP contribution < -0.4 is 4.74 Å². The summed E-state index contributed by atoms with van der Waals surface area (Å²) < 4.78 is 27.7. The van der Waals surface area contributed by atoms with E-state index in [4.69, 9.17) is 0 Å². The first-order chi connectivity index (χ1) is 6.54. The highest BCUT2D eigenvalue weighted by atomic mass is 19.3. The average molecular weight is 202 g/mol. The fourth-order valence-corrected chi connectivity index (χ4v) is 1.07. The molecule has 1 N–H and O–H groups in total. The number of hydrogen-bond acceptors (Lipinski definition) is 3. The fourth-order valence-electron chi connectivity index (χ4n) is 1.07. The van der Waals surface area contributed by atoms with Crippen molar-refractivity contribution in [2.75, 3.05) is 0 Å². The zero-order valence-electron chi connectivity index (χ0n) is 7.33. The van der Waals surface area contributed by atoms with E-state index in [-0.39, 0.29) is 17.1 Å². The van der Waals surface area contributed by atoms with E-state index in [0.717, 1.165) is 6.07 Å². The Balaban J connectivity index is 3.07. The van der Waals surface area contributed by atoms with Gasteiger partial charge in [0.25, 0.3) is 0 Å².